The molecule has 1 aromatic heterocycles. The molecule has 0 radical (unpaired) electrons. The van der Waals surface area contributed by atoms with Crippen LogP contribution in [0, 0.1) is 0 Å². The van der Waals surface area contributed by atoms with E-state index in [-0.39, 0.29) is 11.6 Å². The van der Waals surface area contributed by atoms with Gasteiger partial charge in [0.1, 0.15) is 6.10 Å². The molecule has 1 rings (SSSR count). The minimum absolute atomic E-state index is 0.0194. The molecule has 0 aliphatic carbocycles. The lowest BCUT2D eigenvalue weighted by Crippen LogP contribution is -2.44. The summed E-state index contributed by atoms with van der Waals surface area (Å²) in [7, 11) is 1.69. The third-order valence-corrected chi connectivity index (χ3v) is 2.62. The lowest BCUT2D eigenvalue weighted by atomic mass is 10.1. The molecule has 1 N–H and O–H groups in total. The Morgan fingerprint density at radius 2 is 2.05 bits per heavy atom. The fourth-order valence-electron chi connectivity index (χ4n) is 1.60. The molecule has 0 aliphatic rings. The first kappa shape index (κ1) is 16.0. The molecule has 1 heterocycles. The molecule has 19 heavy (non-hydrogen) atoms. The highest BCUT2D eigenvalue weighted by Crippen LogP contribution is 2.14. The van der Waals surface area contributed by atoms with Gasteiger partial charge in [-0.1, -0.05) is 0 Å². The number of ether oxygens (including phenoxy) is 2. The first-order valence-corrected chi connectivity index (χ1v) is 6.76. The molecule has 0 aliphatic heterocycles. The van der Waals surface area contributed by atoms with Crippen molar-refractivity contribution in [2.45, 2.75) is 52.3 Å². The quantitative estimate of drug-likeness (QED) is 0.825. The standard InChI is InChI=1S/C14H27N3O2/c1-11(2)17-9-12(8-16-17)19-13(10-18-6)7-15-14(3,4)5/h8-9,11,13,15H,7,10H2,1-6H3. The number of nitrogens with zero attached hydrogens (tertiary/aromatic N) is 2. The Morgan fingerprint density at radius 3 is 2.53 bits per heavy atom. The average Bonchev–Trinajstić information content (AvgIpc) is 2.74. The van der Waals surface area contributed by atoms with Crippen LogP contribution in [0.4, 0.5) is 0 Å². The SMILES string of the molecule is COCC(CNC(C)(C)C)Oc1cnn(C(C)C)c1. The Morgan fingerprint density at radius 1 is 1.37 bits per heavy atom. The zero-order valence-corrected chi connectivity index (χ0v) is 12.9. The average molecular weight is 269 g/mol. The largest absolute Gasteiger partial charge is 0.483 e. The maximum atomic E-state index is 5.91. The van der Waals surface area contributed by atoms with E-state index in [0.29, 0.717) is 12.6 Å². The molecule has 0 saturated heterocycles. The lowest BCUT2D eigenvalue weighted by molar-refractivity contribution is 0.0764. The summed E-state index contributed by atoms with van der Waals surface area (Å²) < 4.78 is 13.0. The Bertz CT molecular complexity index is 369. The molecule has 0 bridgehead atoms. The van der Waals surface area contributed by atoms with Crippen molar-refractivity contribution in [3.63, 3.8) is 0 Å². The van der Waals surface area contributed by atoms with Gasteiger partial charge in [-0.2, -0.15) is 5.10 Å². The van der Waals surface area contributed by atoms with E-state index in [9.17, 15) is 0 Å². The Labute approximate surface area is 116 Å². The normalized spacial score (nSPS) is 13.8. The topological polar surface area (TPSA) is 48.3 Å². The summed E-state index contributed by atoms with van der Waals surface area (Å²) in [6, 6.07) is 0.339. The van der Waals surface area contributed by atoms with E-state index in [1.54, 1.807) is 13.3 Å². The maximum Gasteiger partial charge on any atom is 0.157 e. The smallest absolute Gasteiger partial charge is 0.157 e. The molecule has 1 unspecified atom stereocenters. The van der Waals surface area contributed by atoms with E-state index in [0.717, 1.165) is 12.3 Å². The fraction of sp³-hybridized carbons (Fsp3) is 0.786. The highest BCUT2D eigenvalue weighted by atomic mass is 16.5. The molecule has 0 fully saturated rings. The van der Waals surface area contributed by atoms with Crippen molar-refractivity contribution in [1.82, 2.24) is 15.1 Å². The monoisotopic (exact) mass is 269 g/mol. The van der Waals surface area contributed by atoms with Crippen LogP contribution in [0.1, 0.15) is 40.7 Å². The van der Waals surface area contributed by atoms with Crippen LogP contribution >= 0.6 is 0 Å². The number of aromatic nitrogens is 2. The first-order chi connectivity index (χ1) is 8.81. The van der Waals surface area contributed by atoms with Crippen LogP contribution in [-0.2, 0) is 4.74 Å². The molecular weight excluding hydrogens is 242 g/mol. The van der Waals surface area contributed by atoms with Gasteiger partial charge >= 0.3 is 0 Å². The maximum absolute atomic E-state index is 5.91. The van der Waals surface area contributed by atoms with E-state index in [1.165, 1.54) is 0 Å². The molecular formula is C14H27N3O2. The van der Waals surface area contributed by atoms with Gasteiger partial charge in [-0.3, -0.25) is 4.68 Å². The molecule has 110 valence electrons. The minimum Gasteiger partial charge on any atom is -0.483 e. The van der Waals surface area contributed by atoms with Gasteiger partial charge in [0.05, 0.1) is 19.0 Å². The van der Waals surface area contributed by atoms with Gasteiger partial charge in [0.2, 0.25) is 0 Å². The van der Waals surface area contributed by atoms with Crippen molar-refractivity contribution < 1.29 is 9.47 Å². The van der Waals surface area contributed by atoms with Crippen LogP contribution in [0.3, 0.4) is 0 Å². The number of methoxy groups -OCH3 is 1. The number of hydrogen-bond acceptors (Lipinski definition) is 4. The number of nitrogens with one attached hydrogen (secondary N) is 1. The van der Waals surface area contributed by atoms with Gasteiger partial charge in [0, 0.05) is 25.2 Å². The highest BCUT2D eigenvalue weighted by molar-refractivity contribution is 5.12. The molecule has 5 nitrogen and oxygen atoms in total. The molecule has 0 aromatic carbocycles. The molecule has 0 spiro atoms. The fourth-order valence-corrected chi connectivity index (χ4v) is 1.60. The van der Waals surface area contributed by atoms with Crippen molar-refractivity contribution in [2.24, 2.45) is 0 Å². The molecule has 0 saturated carbocycles. The van der Waals surface area contributed by atoms with E-state index in [2.05, 4.69) is 45.0 Å². The third kappa shape index (κ3) is 6.07. The van der Waals surface area contributed by atoms with Gasteiger partial charge < -0.3 is 14.8 Å². The summed E-state index contributed by atoms with van der Waals surface area (Å²) in [4.78, 5) is 0. The van der Waals surface area contributed by atoms with Crippen LogP contribution in [0.5, 0.6) is 5.75 Å². The first-order valence-electron chi connectivity index (χ1n) is 6.76. The second kappa shape index (κ2) is 6.91. The Hall–Kier alpha value is -1.07. The van der Waals surface area contributed by atoms with Gasteiger partial charge in [-0.15, -0.1) is 0 Å². The van der Waals surface area contributed by atoms with Crippen LogP contribution in [-0.4, -0.2) is 41.7 Å². The van der Waals surface area contributed by atoms with E-state index < -0.39 is 0 Å². The second-order valence-corrected chi connectivity index (χ2v) is 6.08. The zero-order valence-electron chi connectivity index (χ0n) is 12.9. The predicted octanol–water partition coefficient (Wildman–Crippen LogP) is 2.25. The van der Waals surface area contributed by atoms with Crippen molar-refractivity contribution in [2.75, 3.05) is 20.3 Å². The summed E-state index contributed by atoms with van der Waals surface area (Å²) in [5.74, 6) is 0.784. The molecule has 0 amide bonds. The van der Waals surface area contributed by atoms with E-state index in [4.69, 9.17) is 9.47 Å². The minimum atomic E-state index is -0.0194. The molecule has 1 atom stereocenters. The Kier molecular flexibility index (Phi) is 5.82. The number of hydrogen-bond donors (Lipinski definition) is 1. The van der Waals surface area contributed by atoms with Gasteiger partial charge in [-0.05, 0) is 34.6 Å². The van der Waals surface area contributed by atoms with E-state index >= 15 is 0 Å². The van der Waals surface area contributed by atoms with Crippen molar-refractivity contribution in [3.05, 3.63) is 12.4 Å². The van der Waals surface area contributed by atoms with Crippen LogP contribution in [0.2, 0.25) is 0 Å². The van der Waals surface area contributed by atoms with E-state index in [1.807, 2.05) is 10.9 Å². The molecule has 1 aromatic rings. The summed E-state index contributed by atoms with van der Waals surface area (Å²) in [6.45, 7) is 11.9. The zero-order chi connectivity index (χ0) is 14.5. The Balaban J connectivity index is 2.56. The summed E-state index contributed by atoms with van der Waals surface area (Å²) in [5, 5.41) is 7.69. The summed E-state index contributed by atoms with van der Waals surface area (Å²) >= 11 is 0. The third-order valence-electron chi connectivity index (χ3n) is 2.62. The lowest BCUT2D eigenvalue weighted by Gasteiger charge is -2.25. The highest BCUT2D eigenvalue weighted by Gasteiger charge is 2.16. The summed E-state index contributed by atoms with van der Waals surface area (Å²) in [6.07, 6.45) is 3.65. The van der Waals surface area contributed by atoms with Gasteiger partial charge in [0.25, 0.3) is 0 Å². The van der Waals surface area contributed by atoms with Crippen LogP contribution in [0.25, 0.3) is 0 Å². The second-order valence-electron chi connectivity index (χ2n) is 6.08. The van der Waals surface area contributed by atoms with Gasteiger partial charge in [0.15, 0.2) is 5.75 Å². The number of rotatable bonds is 7. The van der Waals surface area contributed by atoms with Crippen molar-refractivity contribution in [3.8, 4) is 5.75 Å². The van der Waals surface area contributed by atoms with Crippen molar-refractivity contribution >= 4 is 0 Å². The van der Waals surface area contributed by atoms with Crippen LogP contribution in [0.15, 0.2) is 12.4 Å². The molecule has 5 heteroatoms. The van der Waals surface area contributed by atoms with Gasteiger partial charge in [-0.25, -0.2) is 0 Å². The van der Waals surface area contributed by atoms with Crippen LogP contribution < -0.4 is 10.1 Å². The predicted molar refractivity (Wildman–Crippen MR) is 76.7 cm³/mol. The van der Waals surface area contributed by atoms with Crippen molar-refractivity contribution in [1.29, 1.82) is 0 Å². The summed E-state index contributed by atoms with van der Waals surface area (Å²) in [5.41, 5.74) is 0.0669.